The van der Waals surface area contributed by atoms with Crippen LogP contribution in [0.1, 0.15) is 24.5 Å². The second-order valence-corrected chi connectivity index (χ2v) is 5.22. The average molecular weight is 292 g/mol. The van der Waals surface area contributed by atoms with Crippen molar-refractivity contribution < 1.29 is 4.74 Å². The molecule has 1 atom stereocenters. The Bertz CT molecular complexity index is 589. The molecule has 2 aromatic heterocycles. The second-order valence-electron chi connectivity index (χ2n) is 4.78. The molecule has 0 aliphatic rings. The Morgan fingerprint density at radius 1 is 1.30 bits per heavy atom. The number of hydrogen-bond donors (Lipinski definition) is 1. The Hall–Kier alpha value is -1.65. The van der Waals surface area contributed by atoms with Crippen molar-refractivity contribution in [3.05, 3.63) is 46.9 Å². The van der Waals surface area contributed by atoms with E-state index < -0.39 is 0 Å². The topological polar surface area (TPSA) is 61.0 Å². The molecule has 2 aromatic rings. The maximum atomic E-state index is 5.95. The summed E-state index contributed by atoms with van der Waals surface area (Å²) in [4.78, 5) is 8.32. The van der Waals surface area contributed by atoms with E-state index in [-0.39, 0.29) is 6.04 Å². The summed E-state index contributed by atoms with van der Waals surface area (Å²) in [7, 11) is 0. The minimum atomic E-state index is 0.167. The molecule has 0 radical (unpaired) electrons. The molecule has 0 aliphatic heterocycles. The van der Waals surface area contributed by atoms with Gasteiger partial charge in [-0.15, -0.1) is 0 Å². The third-order valence-corrected chi connectivity index (χ3v) is 3.21. The fourth-order valence-electron chi connectivity index (χ4n) is 1.85. The lowest BCUT2D eigenvalue weighted by molar-refractivity contribution is 0.456. The summed E-state index contributed by atoms with van der Waals surface area (Å²) >= 11 is 5.87. The fourth-order valence-corrected chi connectivity index (χ4v) is 2.01. The van der Waals surface area contributed by atoms with Crippen molar-refractivity contribution in [2.75, 3.05) is 0 Å². The molecular weight excluding hydrogens is 274 g/mol. The Morgan fingerprint density at radius 3 is 2.75 bits per heavy atom. The summed E-state index contributed by atoms with van der Waals surface area (Å²) < 4.78 is 5.69. The standard InChI is InChI=1S/C15H18ClN3O/c1-3-13(17)5-11-4-10(2)15(19-7-11)20-14-6-12(16)8-18-9-14/h4,6-9,13H,3,5,17H2,1-2H3. The summed E-state index contributed by atoms with van der Waals surface area (Å²) in [6.07, 6.45) is 6.74. The average Bonchev–Trinajstić information content (AvgIpc) is 2.42. The van der Waals surface area contributed by atoms with Gasteiger partial charge in [-0.1, -0.05) is 18.5 Å². The molecule has 106 valence electrons. The first-order valence-corrected chi connectivity index (χ1v) is 6.95. The van der Waals surface area contributed by atoms with Gasteiger partial charge in [0.15, 0.2) is 0 Å². The number of ether oxygens (including phenoxy) is 1. The van der Waals surface area contributed by atoms with Crippen LogP contribution in [-0.4, -0.2) is 16.0 Å². The molecule has 0 saturated heterocycles. The van der Waals surface area contributed by atoms with Gasteiger partial charge in [0, 0.05) is 30.1 Å². The van der Waals surface area contributed by atoms with Crippen molar-refractivity contribution >= 4 is 11.6 Å². The highest BCUT2D eigenvalue weighted by Crippen LogP contribution is 2.24. The third kappa shape index (κ3) is 3.92. The van der Waals surface area contributed by atoms with Gasteiger partial charge in [-0.05, 0) is 31.4 Å². The molecule has 2 heterocycles. The largest absolute Gasteiger partial charge is 0.437 e. The number of rotatable bonds is 5. The number of halogens is 1. The van der Waals surface area contributed by atoms with Gasteiger partial charge >= 0.3 is 0 Å². The Morgan fingerprint density at radius 2 is 2.10 bits per heavy atom. The molecule has 0 fully saturated rings. The smallest absolute Gasteiger partial charge is 0.222 e. The zero-order valence-corrected chi connectivity index (χ0v) is 12.4. The zero-order chi connectivity index (χ0) is 14.5. The number of nitrogens with zero attached hydrogens (tertiary/aromatic N) is 2. The van der Waals surface area contributed by atoms with Gasteiger partial charge in [-0.2, -0.15) is 0 Å². The van der Waals surface area contributed by atoms with Crippen LogP contribution in [0.25, 0.3) is 0 Å². The van der Waals surface area contributed by atoms with Gasteiger partial charge in [-0.3, -0.25) is 4.98 Å². The molecule has 0 aliphatic carbocycles. The Balaban J connectivity index is 2.13. The molecule has 2 rings (SSSR count). The Kier molecular flexibility index (Phi) is 4.93. The first-order valence-electron chi connectivity index (χ1n) is 6.58. The van der Waals surface area contributed by atoms with Crippen molar-refractivity contribution in [2.24, 2.45) is 5.73 Å². The van der Waals surface area contributed by atoms with Crippen molar-refractivity contribution in [1.82, 2.24) is 9.97 Å². The van der Waals surface area contributed by atoms with Crippen molar-refractivity contribution in [3.63, 3.8) is 0 Å². The minimum absolute atomic E-state index is 0.167. The monoisotopic (exact) mass is 291 g/mol. The number of pyridine rings is 2. The van der Waals surface area contributed by atoms with E-state index in [0.29, 0.717) is 16.7 Å². The van der Waals surface area contributed by atoms with Gasteiger partial charge in [0.05, 0.1) is 11.2 Å². The quantitative estimate of drug-likeness (QED) is 0.916. The summed E-state index contributed by atoms with van der Waals surface area (Å²) in [6.45, 7) is 4.04. The molecule has 0 bridgehead atoms. The lowest BCUT2D eigenvalue weighted by Gasteiger charge is -2.11. The summed E-state index contributed by atoms with van der Waals surface area (Å²) in [5, 5.41) is 0.533. The van der Waals surface area contributed by atoms with Crippen LogP contribution in [0, 0.1) is 6.92 Å². The van der Waals surface area contributed by atoms with E-state index in [9.17, 15) is 0 Å². The van der Waals surface area contributed by atoms with Gasteiger partial charge in [0.25, 0.3) is 0 Å². The van der Waals surface area contributed by atoms with E-state index in [4.69, 9.17) is 22.1 Å². The van der Waals surface area contributed by atoms with E-state index in [1.54, 1.807) is 24.7 Å². The predicted molar refractivity (Wildman–Crippen MR) is 80.3 cm³/mol. The van der Waals surface area contributed by atoms with Crippen LogP contribution in [0.4, 0.5) is 0 Å². The highest BCUT2D eigenvalue weighted by Gasteiger charge is 2.07. The van der Waals surface area contributed by atoms with Crippen molar-refractivity contribution in [2.45, 2.75) is 32.7 Å². The van der Waals surface area contributed by atoms with Gasteiger partial charge in [0.1, 0.15) is 5.75 Å². The van der Waals surface area contributed by atoms with Crippen LogP contribution in [0.3, 0.4) is 0 Å². The lowest BCUT2D eigenvalue weighted by Crippen LogP contribution is -2.21. The first-order chi connectivity index (χ1) is 9.58. The normalized spacial score (nSPS) is 12.2. The lowest BCUT2D eigenvalue weighted by atomic mass is 10.1. The molecule has 0 amide bonds. The predicted octanol–water partition coefficient (Wildman–Crippen LogP) is 3.51. The van der Waals surface area contributed by atoms with Gasteiger partial charge < -0.3 is 10.5 Å². The molecule has 20 heavy (non-hydrogen) atoms. The molecule has 2 N–H and O–H groups in total. The summed E-state index contributed by atoms with van der Waals surface area (Å²) in [5.41, 5.74) is 8.03. The molecule has 0 spiro atoms. The zero-order valence-electron chi connectivity index (χ0n) is 11.6. The van der Waals surface area contributed by atoms with Crippen LogP contribution in [0.2, 0.25) is 5.02 Å². The van der Waals surface area contributed by atoms with E-state index in [1.807, 2.05) is 6.92 Å². The number of hydrogen-bond acceptors (Lipinski definition) is 4. The number of aromatic nitrogens is 2. The maximum absolute atomic E-state index is 5.95. The van der Waals surface area contributed by atoms with Crippen LogP contribution in [-0.2, 0) is 6.42 Å². The third-order valence-electron chi connectivity index (χ3n) is 3.00. The molecule has 4 nitrogen and oxygen atoms in total. The number of nitrogens with two attached hydrogens (primary N) is 1. The van der Waals surface area contributed by atoms with Gasteiger partial charge in [0.2, 0.25) is 5.88 Å². The second kappa shape index (κ2) is 6.68. The van der Waals surface area contributed by atoms with E-state index in [0.717, 1.165) is 24.0 Å². The SMILES string of the molecule is CCC(N)Cc1cnc(Oc2cncc(Cl)c2)c(C)c1. The highest BCUT2D eigenvalue weighted by molar-refractivity contribution is 6.30. The molecule has 0 aromatic carbocycles. The van der Waals surface area contributed by atoms with E-state index in [1.165, 1.54) is 0 Å². The van der Waals surface area contributed by atoms with Crippen LogP contribution in [0.5, 0.6) is 11.6 Å². The first kappa shape index (κ1) is 14.8. The van der Waals surface area contributed by atoms with Crippen molar-refractivity contribution in [1.29, 1.82) is 0 Å². The Labute approximate surface area is 124 Å². The van der Waals surface area contributed by atoms with Gasteiger partial charge in [-0.25, -0.2) is 4.98 Å². The van der Waals surface area contributed by atoms with E-state index >= 15 is 0 Å². The summed E-state index contributed by atoms with van der Waals surface area (Å²) in [6, 6.07) is 3.92. The minimum Gasteiger partial charge on any atom is -0.437 e. The van der Waals surface area contributed by atoms with Crippen LogP contribution in [0.15, 0.2) is 30.7 Å². The maximum Gasteiger partial charge on any atom is 0.222 e. The molecular formula is C15H18ClN3O. The summed E-state index contributed by atoms with van der Waals surface area (Å²) in [5.74, 6) is 1.13. The molecule has 1 unspecified atom stereocenters. The van der Waals surface area contributed by atoms with Crippen LogP contribution >= 0.6 is 11.6 Å². The number of aryl methyl sites for hydroxylation is 1. The highest BCUT2D eigenvalue weighted by atomic mass is 35.5. The van der Waals surface area contributed by atoms with Crippen LogP contribution < -0.4 is 10.5 Å². The molecule has 5 heteroatoms. The van der Waals surface area contributed by atoms with E-state index in [2.05, 4.69) is 23.0 Å². The molecule has 0 saturated carbocycles. The fraction of sp³-hybridized carbons (Fsp3) is 0.333. The van der Waals surface area contributed by atoms with Crippen molar-refractivity contribution in [3.8, 4) is 11.6 Å².